The van der Waals surface area contributed by atoms with Gasteiger partial charge in [0, 0.05) is 25.1 Å². The van der Waals surface area contributed by atoms with Crippen LogP contribution in [0.5, 0.6) is 0 Å². The van der Waals surface area contributed by atoms with Crippen LogP contribution in [-0.4, -0.2) is 50.8 Å². The molecule has 3 nitrogen and oxygen atoms in total. The molecule has 116 valence electrons. The van der Waals surface area contributed by atoms with Crippen LogP contribution in [-0.2, 0) is 4.74 Å². The highest BCUT2D eigenvalue weighted by Gasteiger charge is 2.36. The maximum Gasteiger partial charge on any atom is 0.0510 e. The van der Waals surface area contributed by atoms with Crippen molar-refractivity contribution in [3.8, 4) is 0 Å². The fourth-order valence-corrected chi connectivity index (χ4v) is 4.64. The number of ether oxygens (including phenoxy) is 1. The number of piperidine rings is 1. The van der Waals surface area contributed by atoms with E-state index in [-0.39, 0.29) is 0 Å². The van der Waals surface area contributed by atoms with Gasteiger partial charge in [0.1, 0.15) is 0 Å². The molecule has 0 aromatic rings. The first kappa shape index (κ1) is 14.8. The largest absolute Gasteiger partial charge is 0.381 e. The van der Waals surface area contributed by atoms with E-state index >= 15 is 0 Å². The minimum atomic E-state index is 0.623. The molecule has 20 heavy (non-hydrogen) atoms. The van der Waals surface area contributed by atoms with Gasteiger partial charge in [0.15, 0.2) is 0 Å². The van der Waals surface area contributed by atoms with Crippen LogP contribution in [0.3, 0.4) is 0 Å². The van der Waals surface area contributed by atoms with Gasteiger partial charge >= 0.3 is 0 Å². The zero-order valence-corrected chi connectivity index (χ0v) is 13.2. The number of hydrogen-bond acceptors (Lipinski definition) is 3. The van der Waals surface area contributed by atoms with Crippen molar-refractivity contribution in [1.29, 1.82) is 0 Å². The molecule has 2 heterocycles. The predicted molar refractivity (Wildman–Crippen MR) is 83.0 cm³/mol. The van der Waals surface area contributed by atoms with Crippen molar-refractivity contribution in [2.75, 3.05) is 39.9 Å². The molecule has 3 aliphatic rings. The van der Waals surface area contributed by atoms with Crippen molar-refractivity contribution < 1.29 is 4.74 Å². The Balaban J connectivity index is 1.47. The highest BCUT2D eigenvalue weighted by atomic mass is 16.5. The molecule has 0 bridgehead atoms. The lowest BCUT2D eigenvalue weighted by atomic mass is 9.68. The van der Waals surface area contributed by atoms with Crippen molar-refractivity contribution in [2.24, 2.45) is 11.3 Å². The summed E-state index contributed by atoms with van der Waals surface area (Å²) in [6, 6.07) is 0.623. The summed E-state index contributed by atoms with van der Waals surface area (Å²) >= 11 is 0. The average Bonchev–Trinajstić information content (AvgIpc) is 3.02. The van der Waals surface area contributed by atoms with E-state index in [1.165, 1.54) is 71.0 Å². The van der Waals surface area contributed by atoms with E-state index in [1.54, 1.807) is 0 Å². The van der Waals surface area contributed by atoms with Gasteiger partial charge in [-0.2, -0.15) is 0 Å². The summed E-state index contributed by atoms with van der Waals surface area (Å²) in [5.41, 5.74) is 0.736. The van der Waals surface area contributed by atoms with Crippen molar-refractivity contribution in [3.05, 3.63) is 0 Å². The maximum atomic E-state index is 5.56. The molecule has 0 radical (unpaired) electrons. The van der Waals surface area contributed by atoms with Crippen molar-refractivity contribution in [3.63, 3.8) is 0 Å². The smallest absolute Gasteiger partial charge is 0.0510 e. The summed E-state index contributed by atoms with van der Waals surface area (Å²) in [4.78, 5) is 2.71. The zero-order valence-electron chi connectivity index (χ0n) is 13.2. The molecule has 1 aliphatic carbocycles. The summed E-state index contributed by atoms with van der Waals surface area (Å²) in [5, 5.41) is 3.54. The zero-order chi connectivity index (χ0) is 13.8. The Kier molecular flexibility index (Phi) is 5.00. The van der Waals surface area contributed by atoms with E-state index in [4.69, 9.17) is 4.74 Å². The molecule has 1 spiro atoms. The third kappa shape index (κ3) is 3.37. The molecule has 0 aromatic carbocycles. The molecule has 0 amide bonds. The third-order valence-electron chi connectivity index (χ3n) is 6.19. The van der Waals surface area contributed by atoms with Gasteiger partial charge in [-0.25, -0.2) is 0 Å². The van der Waals surface area contributed by atoms with Crippen LogP contribution < -0.4 is 5.32 Å². The summed E-state index contributed by atoms with van der Waals surface area (Å²) in [7, 11) is 2.12. The van der Waals surface area contributed by atoms with Crippen LogP contribution in [0.15, 0.2) is 0 Å². The topological polar surface area (TPSA) is 24.5 Å². The fourth-order valence-electron chi connectivity index (χ4n) is 4.64. The van der Waals surface area contributed by atoms with E-state index in [9.17, 15) is 0 Å². The maximum absolute atomic E-state index is 5.56. The molecule has 2 aliphatic heterocycles. The van der Waals surface area contributed by atoms with Crippen molar-refractivity contribution in [1.82, 2.24) is 10.2 Å². The van der Waals surface area contributed by atoms with Crippen molar-refractivity contribution in [2.45, 2.75) is 57.4 Å². The Morgan fingerprint density at radius 2 is 1.90 bits per heavy atom. The van der Waals surface area contributed by atoms with Crippen LogP contribution >= 0.6 is 0 Å². The number of likely N-dealkylation sites (N-methyl/N-ethyl adjacent to an activating group) is 1. The van der Waals surface area contributed by atoms with Gasteiger partial charge in [0.25, 0.3) is 0 Å². The molecule has 3 rings (SSSR count). The first-order valence-electron chi connectivity index (χ1n) is 8.79. The van der Waals surface area contributed by atoms with Gasteiger partial charge in [0.05, 0.1) is 6.61 Å². The van der Waals surface area contributed by atoms with E-state index in [2.05, 4.69) is 17.3 Å². The molecular weight excluding hydrogens is 248 g/mol. The van der Waals surface area contributed by atoms with Gasteiger partial charge in [-0.15, -0.1) is 0 Å². The molecule has 2 atom stereocenters. The first-order valence-corrected chi connectivity index (χ1v) is 8.79. The second-order valence-electron chi connectivity index (χ2n) is 7.38. The first-order chi connectivity index (χ1) is 9.81. The standard InChI is InChI=1S/C17H32N2O/c1-18-16(15-5-12-20-14-15)13-19-10-8-17(9-11-19)6-3-2-4-7-17/h15-16,18H,2-14H2,1H3. The van der Waals surface area contributed by atoms with Crippen LogP contribution in [0.1, 0.15) is 51.4 Å². The molecule has 3 fully saturated rings. The van der Waals surface area contributed by atoms with Crippen LogP contribution in [0.2, 0.25) is 0 Å². The average molecular weight is 280 g/mol. The minimum absolute atomic E-state index is 0.623. The van der Waals surface area contributed by atoms with Gasteiger partial charge < -0.3 is 15.0 Å². The summed E-state index contributed by atoms with van der Waals surface area (Å²) in [6.07, 6.45) is 11.6. The van der Waals surface area contributed by atoms with Crippen LogP contribution in [0.4, 0.5) is 0 Å². The molecule has 3 heteroatoms. The highest BCUT2D eigenvalue weighted by Crippen LogP contribution is 2.44. The highest BCUT2D eigenvalue weighted by molar-refractivity contribution is 4.90. The second kappa shape index (κ2) is 6.76. The van der Waals surface area contributed by atoms with Gasteiger partial charge in [0.2, 0.25) is 0 Å². The van der Waals surface area contributed by atoms with E-state index in [1.807, 2.05) is 0 Å². The lowest BCUT2D eigenvalue weighted by molar-refractivity contribution is 0.0582. The number of rotatable bonds is 4. The van der Waals surface area contributed by atoms with Gasteiger partial charge in [-0.1, -0.05) is 19.3 Å². The van der Waals surface area contributed by atoms with Crippen LogP contribution in [0, 0.1) is 11.3 Å². The van der Waals surface area contributed by atoms with Crippen molar-refractivity contribution >= 4 is 0 Å². The second-order valence-corrected chi connectivity index (χ2v) is 7.38. The van der Waals surface area contributed by atoms with E-state index in [0.717, 1.165) is 24.5 Å². The quantitative estimate of drug-likeness (QED) is 0.857. The Morgan fingerprint density at radius 1 is 1.15 bits per heavy atom. The SMILES string of the molecule is CNC(CN1CCC2(CCCCC2)CC1)C1CCOC1. The molecule has 0 aromatic heterocycles. The third-order valence-corrected chi connectivity index (χ3v) is 6.19. The Morgan fingerprint density at radius 3 is 2.50 bits per heavy atom. The summed E-state index contributed by atoms with van der Waals surface area (Å²) in [6.45, 7) is 5.80. The fraction of sp³-hybridized carbons (Fsp3) is 1.00. The number of hydrogen-bond donors (Lipinski definition) is 1. The van der Waals surface area contributed by atoms with E-state index in [0.29, 0.717) is 6.04 Å². The minimum Gasteiger partial charge on any atom is -0.381 e. The number of nitrogens with one attached hydrogen (secondary N) is 1. The molecule has 1 N–H and O–H groups in total. The number of likely N-dealkylation sites (tertiary alicyclic amines) is 1. The molecular formula is C17H32N2O. The van der Waals surface area contributed by atoms with Gasteiger partial charge in [-0.3, -0.25) is 0 Å². The van der Waals surface area contributed by atoms with Gasteiger partial charge in [-0.05, 0) is 57.7 Å². The Hall–Kier alpha value is -0.120. The van der Waals surface area contributed by atoms with E-state index < -0.39 is 0 Å². The normalized spacial score (nSPS) is 32.5. The lowest BCUT2D eigenvalue weighted by Gasteiger charge is -2.45. The predicted octanol–water partition coefficient (Wildman–Crippen LogP) is 2.66. The molecule has 2 unspecified atom stereocenters. The number of nitrogens with zero attached hydrogens (tertiary/aromatic N) is 1. The molecule has 1 saturated carbocycles. The Bertz CT molecular complexity index is 285. The summed E-state index contributed by atoms with van der Waals surface area (Å²) in [5.74, 6) is 0.727. The molecule has 2 saturated heterocycles. The summed E-state index contributed by atoms with van der Waals surface area (Å²) < 4.78 is 5.56. The lowest BCUT2D eigenvalue weighted by Crippen LogP contribution is -2.49. The van der Waals surface area contributed by atoms with Crippen LogP contribution in [0.25, 0.3) is 0 Å². The Labute approximate surface area is 124 Å². The monoisotopic (exact) mass is 280 g/mol.